The van der Waals surface area contributed by atoms with E-state index in [2.05, 4.69) is 4.98 Å². The molecule has 5 heteroatoms. The molecule has 1 rings (SSSR count). The smallest absolute Gasteiger partial charge is 0.284 e. The number of aromatic nitrogens is 1. The first-order valence-corrected chi connectivity index (χ1v) is 3.16. The zero-order chi connectivity index (χ0) is 9.30. The highest BCUT2D eigenvalue weighted by Crippen LogP contribution is 2.27. The van der Waals surface area contributed by atoms with Gasteiger partial charge < -0.3 is 5.11 Å². The lowest BCUT2D eigenvalue weighted by Crippen LogP contribution is -1.96. The van der Waals surface area contributed by atoms with Crippen molar-refractivity contribution in [2.24, 2.45) is 0 Å². The second kappa shape index (κ2) is 3.00. The molecular weight excluding hydrogens is 171 g/mol. The minimum absolute atomic E-state index is 0.0388. The average molecular weight is 177 g/mol. The van der Waals surface area contributed by atoms with Crippen molar-refractivity contribution in [3.63, 3.8) is 0 Å². The van der Waals surface area contributed by atoms with E-state index < -0.39 is 23.8 Å². The van der Waals surface area contributed by atoms with Gasteiger partial charge in [0, 0.05) is 5.56 Å². The third-order valence-corrected chi connectivity index (χ3v) is 1.37. The molecule has 0 aliphatic heterocycles. The fourth-order valence-corrected chi connectivity index (χ4v) is 0.750. The van der Waals surface area contributed by atoms with Crippen LogP contribution >= 0.6 is 0 Å². The maximum Gasteiger partial charge on any atom is 0.284 e. The lowest BCUT2D eigenvalue weighted by atomic mass is 10.2. The maximum atomic E-state index is 12.6. The number of aryl methyl sites for hydroxylation is 1. The number of rotatable bonds is 1. The number of hydrogen-bond acceptors (Lipinski definition) is 2. The van der Waals surface area contributed by atoms with E-state index in [-0.39, 0.29) is 5.56 Å². The Morgan fingerprint density at radius 2 is 2.08 bits per heavy atom. The maximum absolute atomic E-state index is 12.6. The van der Waals surface area contributed by atoms with Crippen LogP contribution in [-0.4, -0.2) is 10.1 Å². The summed E-state index contributed by atoms with van der Waals surface area (Å²) < 4.78 is 36.5. The second-order valence-corrected chi connectivity index (χ2v) is 2.30. The zero-order valence-corrected chi connectivity index (χ0v) is 6.18. The molecule has 0 fully saturated rings. The largest absolute Gasteiger partial charge is 0.506 e. The Morgan fingerprint density at radius 1 is 1.50 bits per heavy atom. The normalized spacial score (nSPS) is 10.8. The van der Waals surface area contributed by atoms with Gasteiger partial charge in [-0.2, -0.15) is 4.39 Å². The fraction of sp³-hybridized carbons (Fsp3) is 0.286. The van der Waals surface area contributed by atoms with Crippen LogP contribution in [-0.2, 0) is 0 Å². The van der Waals surface area contributed by atoms with Gasteiger partial charge in [0.25, 0.3) is 6.43 Å². The molecule has 1 heterocycles. The van der Waals surface area contributed by atoms with Crippen molar-refractivity contribution >= 4 is 0 Å². The number of hydrogen-bond donors (Lipinski definition) is 1. The molecule has 0 radical (unpaired) electrons. The fourth-order valence-electron chi connectivity index (χ4n) is 0.750. The summed E-state index contributed by atoms with van der Waals surface area (Å²) in [6, 6.07) is 0.920. The molecule has 0 unspecified atom stereocenters. The van der Waals surface area contributed by atoms with Crippen molar-refractivity contribution < 1.29 is 18.3 Å². The van der Waals surface area contributed by atoms with Crippen molar-refractivity contribution in [1.29, 1.82) is 0 Å². The summed E-state index contributed by atoms with van der Waals surface area (Å²) in [7, 11) is 0. The summed E-state index contributed by atoms with van der Waals surface area (Å²) in [5.41, 5.74) is -0.880. The summed E-state index contributed by atoms with van der Waals surface area (Å²) in [6.45, 7) is 1.33. The van der Waals surface area contributed by atoms with E-state index >= 15 is 0 Å². The van der Waals surface area contributed by atoms with Crippen molar-refractivity contribution in [3.8, 4) is 5.75 Å². The summed E-state index contributed by atoms with van der Waals surface area (Å²) in [4.78, 5) is 2.91. The van der Waals surface area contributed by atoms with Crippen molar-refractivity contribution in [2.45, 2.75) is 13.3 Å². The summed E-state index contributed by atoms with van der Waals surface area (Å²) in [5.74, 6) is -1.66. The van der Waals surface area contributed by atoms with E-state index in [0.29, 0.717) is 0 Å². The predicted molar refractivity (Wildman–Crippen MR) is 35.6 cm³/mol. The van der Waals surface area contributed by atoms with Crippen molar-refractivity contribution in [2.75, 3.05) is 0 Å². The second-order valence-electron chi connectivity index (χ2n) is 2.30. The first-order chi connectivity index (χ1) is 5.52. The molecule has 1 N–H and O–H groups in total. The van der Waals surface area contributed by atoms with Gasteiger partial charge in [0.05, 0.1) is 0 Å². The minimum Gasteiger partial charge on any atom is -0.506 e. The van der Waals surface area contributed by atoms with Crippen LogP contribution in [0.25, 0.3) is 0 Å². The Hall–Kier alpha value is -1.26. The van der Waals surface area contributed by atoms with Crippen molar-refractivity contribution in [1.82, 2.24) is 4.98 Å². The van der Waals surface area contributed by atoms with Gasteiger partial charge in [-0.3, -0.25) is 0 Å². The highest BCUT2D eigenvalue weighted by molar-refractivity contribution is 5.30. The summed E-state index contributed by atoms with van der Waals surface area (Å²) in [6.07, 6.45) is -2.96. The Bertz CT molecular complexity index is 301. The number of alkyl halides is 2. The molecule has 0 amide bonds. The standard InChI is InChI=1S/C7H6F3NO/c1-3-2-4(12)5(6(8)9)11-7(3)10/h2,6,12H,1H3. The van der Waals surface area contributed by atoms with Gasteiger partial charge in [-0.25, -0.2) is 13.8 Å². The zero-order valence-electron chi connectivity index (χ0n) is 6.18. The Labute approximate surface area is 66.7 Å². The van der Waals surface area contributed by atoms with Gasteiger partial charge in [-0.1, -0.05) is 0 Å². The minimum atomic E-state index is -2.96. The third-order valence-electron chi connectivity index (χ3n) is 1.37. The van der Waals surface area contributed by atoms with E-state index in [9.17, 15) is 13.2 Å². The molecule has 0 spiro atoms. The molecule has 0 saturated carbocycles. The van der Waals surface area contributed by atoms with Crippen LogP contribution in [0.2, 0.25) is 0 Å². The molecule has 2 nitrogen and oxygen atoms in total. The molecule has 0 aliphatic carbocycles. The summed E-state index contributed by atoms with van der Waals surface area (Å²) in [5, 5.41) is 8.88. The number of nitrogens with zero attached hydrogens (tertiary/aromatic N) is 1. The Balaban J connectivity index is 3.23. The van der Waals surface area contributed by atoms with Crippen LogP contribution in [0.1, 0.15) is 17.7 Å². The first-order valence-electron chi connectivity index (χ1n) is 3.16. The number of pyridine rings is 1. The van der Waals surface area contributed by atoms with Crippen LogP contribution in [0.5, 0.6) is 5.75 Å². The molecule has 12 heavy (non-hydrogen) atoms. The molecule has 0 aliphatic rings. The summed E-state index contributed by atoms with van der Waals surface area (Å²) >= 11 is 0. The molecular formula is C7H6F3NO. The third kappa shape index (κ3) is 1.49. The predicted octanol–water partition coefficient (Wildman–Crippen LogP) is 2.17. The highest BCUT2D eigenvalue weighted by Gasteiger charge is 2.16. The van der Waals surface area contributed by atoms with E-state index in [1.54, 1.807) is 0 Å². The van der Waals surface area contributed by atoms with E-state index in [0.717, 1.165) is 6.07 Å². The molecule has 0 atom stereocenters. The van der Waals surface area contributed by atoms with Gasteiger partial charge in [0.2, 0.25) is 5.95 Å². The van der Waals surface area contributed by atoms with Crippen LogP contribution in [0.3, 0.4) is 0 Å². The number of aromatic hydroxyl groups is 1. The van der Waals surface area contributed by atoms with Crippen LogP contribution in [0.15, 0.2) is 6.07 Å². The van der Waals surface area contributed by atoms with Gasteiger partial charge >= 0.3 is 0 Å². The van der Waals surface area contributed by atoms with E-state index in [1.807, 2.05) is 0 Å². The molecule has 1 aromatic heterocycles. The Kier molecular flexibility index (Phi) is 2.21. The van der Waals surface area contributed by atoms with E-state index in [4.69, 9.17) is 5.11 Å². The van der Waals surface area contributed by atoms with Crippen LogP contribution in [0, 0.1) is 12.9 Å². The van der Waals surface area contributed by atoms with Crippen LogP contribution < -0.4 is 0 Å². The highest BCUT2D eigenvalue weighted by atomic mass is 19.3. The van der Waals surface area contributed by atoms with Crippen molar-refractivity contribution in [3.05, 3.63) is 23.3 Å². The molecule has 0 saturated heterocycles. The van der Waals surface area contributed by atoms with Gasteiger partial charge in [-0.05, 0) is 13.0 Å². The first kappa shape index (κ1) is 8.83. The molecule has 0 bridgehead atoms. The lowest BCUT2D eigenvalue weighted by molar-refractivity contribution is 0.140. The SMILES string of the molecule is Cc1cc(O)c(C(F)F)nc1F. The lowest BCUT2D eigenvalue weighted by Gasteiger charge is -2.03. The molecule has 0 aromatic carbocycles. The molecule has 66 valence electrons. The van der Waals surface area contributed by atoms with E-state index in [1.165, 1.54) is 6.92 Å². The van der Waals surface area contributed by atoms with Gasteiger partial charge in [0.1, 0.15) is 5.75 Å². The quantitative estimate of drug-likeness (QED) is 0.667. The Morgan fingerprint density at radius 3 is 2.58 bits per heavy atom. The van der Waals surface area contributed by atoms with Gasteiger partial charge in [-0.15, -0.1) is 0 Å². The molecule has 1 aromatic rings. The van der Waals surface area contributed by atoms with Crippen LogP contribution in [0.4, 0.5) is 13.2 Å². The number of halogens is 3. The van der Waals surface area contributed by atoms with Gasteiger partial charge in [0.15, 0.2) is 5.69 Å². The average Bonchev–Trinajstić information content (AvgIpc) is 1.96. The topological polar surface area (TPSA) is 33.1 Å². The monoisotopic (exact) mass is 177 g/mol.